The maximum absolute atomic E-state index is 9.82. The lowest BCUT2D eigenvalue weighted by molar-refractivity contribution is 0.0287. The molecule has 2 rings (SSSR count). The molecule has 0 saturated carbocycles. The molecule has 0 radical (unpaired) electrons. The van der Waals surface area contributed by atoms with Crippen molar-refractivity contribution < 1.29 is 9.84 Å². The van der Waals surface area contributed by atoms with E-state index in [1.807, 2.05) is 48.1 Å². The Bertz CT molecular complexity index is 499. The SMILES string of the molecule is Cn1nccc1CNCC(O)COCc1ccccc1. The molecule has 0 saturated heterocycles. The Hall–Kier alpha value is -1.69. The Balaban J connectivity index is 1.59. The molecule has 1 atom stereocenters. The van der Waals surface area contributed by atoms with Crippen molar-refractivity contribution in [3.05, 3.63) is 53.9 Å². The van der Waals surface area contributed by atoms with Gasteiger partial charge in [0.2, 0.25) is 0 Å². The van der Waals surface area contributed by atoms with Gasteiger partial charge < -0.3 is 15.2 Å². The Labute approximate surface area is 119 Å². The molecule has 2 aromatic rings. The zero-order valence-electron chi connectivity index (χ0n) is 11.7. The lowest BCUT2D eigenvalue weighted by atomic mass is 10.2. The number of aliphatic hydroxyl groups excluding tert-OH is 1. The topological polar surface area (TPSA) is 59.3 Å². The molecule has 108 valence electrons. The molecule has 0 aliphatic carbocycles. The van der Waals surface area contributed by atoms with E-state index in [0.717, 1.165) is 11.3 Å². The summed E-state index contributed by atoms with van der Waals surface area (Å²) in [6.45, 7) is 2.04. The number of benzene rings is 1. The van der Waals surface area contributed by atoms with Crippen molar-refractivity contribution in [2.75, 3.05) is 13.2 Å². The number of hydrogen-bond donors (Lipinski definition) is 2. The molecule has 5 nitrogen and oxygen atoms in total. The first kappa shape index (κ1) is 14.7. The van der Waals surface area contributed by atoms with E-state index < -0.39 is 6.10 Å². The molecule has 0 amide bonds. The highest BCUT2D eigenvalue weighted by atomic mass is 16.5. The van der Waals surface area contributed by atoms with Gasteiger partial charge in [-0.05, 0) is 11.6 Å². The second-order valence-electron chi connectivity index (χ2n) is 4.73. The lowest BCUT2D eigenvalue weighted by Gasteiger charge is -2.12. The third-order valence-electron chi connectivity index (χ3n) is 3.03. The predicted octanol–water partition coefficient (Wildman–Crippen LogP) is 1.09. The van der Waals surface area contributed by atoms with Crippen molar-refractivity contribution >= 4 is 0 Å². The first-order valence-electron chi connectivity index (χ1n) is 6.73. The second kappa shape index (κ2) is 7.79. The molecule has 1 unspecified atom stereocenters. The highest BCUT2D eigenvalue weighted by molar-refractivity contribution is 5.13. The van der Waals surface area contributed by atoms with E-state index in [0.29, 0.717) is 26.3 Å². The van der Waals surface area contributed by atoms with Crippen LogP contribution in [0.1, 0.15) is 11.3 Å². The van der Waals surface area contributed by atoms with Crippen LogP contribution in [-0.2, 0) is 24.9 Å². The molecule has 1 heterocycles. The summed E-state index contributed by atoms with van der Waals surface area (Å²) in [5.41, 5.74) is 2.20. The van der Waals surface area contributed by atoms with Crippen LogP contribution >= 0.6 is 0 Å². The molecule has 0 spiro atoms. The number of aromatic nitrogens is 2. The van der Waals surface area contributed by atoms with E-state index in [1.54, 1.807) is 6.20 Å². The van der Waals surface area contributed by atoms with E-state index in [2.05, 4.69) is 10.4 Å². The average Bonchev–Trinajstić information content (AvgIpc) is 2.86. The summed E-state index contributed by atoms with van der Waals surface area (Å²) in [6.07, 6.45) is 1.25. The molecule has 1 aromatic carbocycles. The van der Waals surface area contributed by atoms with Crippen LogP contribution in [0.25, 0.3) is 0 Å². The van der Waals surface area contributed by atoms with Gasteiger partial charge in [0.1, 0.15) is 0 Å². The highest BCUT2D eigenvalue weighted by Gasteiger charge is 2.05. The van der Waals surface area contributed by atoms with Crippen molar-refractivity contribution in [1.29, 1.82) is 0 Å². The Morgan fingerprint density at radius 1 is 1.30 bits per heavy atom. The smallest absolute Gasteiger partial charge is 0.0897 e. The third kappa shape index (κ3) is 4.77. The standard InChI is InChI=1S/C15H21N3O2/c1-18-14(7-8-17-18)9-16-10-15(19)12-20-11-13-5-3-2-4-6-13/h2-8,15-16,19H,9-12H2,1H3. The molecule has 2 N–H and O–H groups in total. The molecular weight excluding hydrogens is 254 g/mol. The number of aryl methyl sites for hydroxylation is 1. The van der Waals surface area contributed by atoms with Gasteiger partial charge in [-0.25, -0.2) is 0 Å². The van der Waals surface area contributed by atoms with Gasteiger partial charge in [-0.3, -0.25) is 4.68 Å². The summed E-state index contributed by atoms with van der Waals surface area (Å²) < 4.78 is 7.30. The number of hydrogen-bond acceptors (Lipinski definition) is 4. The largest absolute Gasteiger partial charge is 0.389 e. The minimum Gasteiger partial charge on any atom is -0.389 e. The number of aliphatic hydroxyl groups is 1. The molecule has 0 fully saturated rings. The predicted molar refractivity (Wildman–Crippen MR) is 77.0 cm³/mol. The van der Waals surface area contributed by atoms with Crippen LogP contribution in [0, 0.1) is 0 Å². The van der Waals surface area contributed by atoms with Crippen molar-refractivity contribution in [3.8, 4) is 0 Å². The Morgan fingerprint density at radius 2 is 2.10 bits per heavy atom. The van der Waals surface area contributed by atoms with Gasteiger partial charge in [0.15, 0.2) is 0 Å². The van der Waals surface area contributed by atoms with Crippen molar-refractivity contribution in [1.82, 2.24) is 15.1 Å². The zero-order chi connectivity index (χ0) is 14.2. The summed E-state index contributed by atoms with van der Waals surface area (Å²) in [5.74, 6) is 0. The van der Waals surface area contributed by atoms with Gasteiger partial charge in [0, 0.05) is 26.3 Å². The minimum atomic E-state index is -0.507. The van der Waals surface area contributed by atoms with Gasteiger partial charge in [-0.2, -0.15) is 5.10 Å². The molecule has 20 heavy (non-hydrogen) atoms. The molecule has 1 aromatic heterocycles. The van der Waals surface area contributed by atoms with Crippen LogP contribution in [0.2, 0.25) is 0 Å². The number of nitrogens with one attached hydrogen (secondary N) is 1. The van der Waals surface area contributed by atoms with E-state index in [9.17, 15) is 5.11 Å². The lowest BCUT2D eigenvalue weighted by Crippen LogP contribution is -2.30. The van der Waals surface area contributed by atoms with Crippen molar-refractivity contribution in [2.24, 2.45) is 7.05 Å². The van der Waals surface area contributed by atoms with Crippen LogP contribution in [0.15, 0.2) is 42.6 Å². The third-order valence-corrected chi connectivity index (χ3v) is 3.03. The molecule has 5 heteroatoms. The number of rotatable bonds is 8. The average molecular weight is 275 g/mol. The second-order valence-corrected chi connectivity index (χ2v) is 4.73. The summed E-state index contributed by atoms with van der Waals surface area (Å²) in [6, 6.07) is 11.9. The quantitative estimate of drug-likeness (QED) is 0.757. The fourth-order valence-electron chi connectivity index (χ4n) is 1.89. The maximum atomic E-state index is 9.82. The van der Waals surface area contributed by atoms with Gasteiger partial charge in [-0.1, -0.05) is 30.3 Å². The van der Waals surface area contributed by atoms with Crippen LogP contribution in [-0.4, -0.2) is 34.1 Å². The minimum absolute atomic E-state index is 0.327. The van der Waals surface area contributed by atoms with E-state index in [-0.39, 0.29) is 0 Å². The van der Waals surface area contributed by atoms with Gasteiger partial charge >= 0.3 is 0 Å². The zero-order valence-corrected chi connectivity index (χ0v) is 11.7. The fraction of sp³-hybridized carbons (Fsp3) is 0.400. The van der Waals surface area contributed by atoms with E-state index >= 15 is 0 Å². The summed E-state index contributed by atoms with van der Waals surface area (Å²) in [5, 5.41) is 17.1. The van der Waals surface area contributed by atoms with Gasteiger partial charge in [0.25, 0.3) is 0 Å². The van der Waals surface area contributed by atoms with Gasteiger partial charge in [-0.15, -0.1) is 0 Å². The Morgan fingerprint density at radius 3 is 2.80 bits per heavy atom. The number of nitrogens with zero attached hydrogens (tertiary/aromatic N) is 2. The van der Waals surface area contributed by atoms with Crippen LogP contribution in [0.3, 0.4) is 0 Å². The molecule has 0 aliphatic rings. The maximum Gasteiger partial charge on any atom is 0.0897 e. The molecule has 0 bridgehead atoms. The van der Waals surface area contributed by atoms with Crippen LogP contribution < -0.4 is 5.32 Å². The highest BCUT2D eigenvalue weighted by Crippen LogP contribution is 2.01. The van der Waals surface area contributed by atoms with Crippen molar-refractivity contribution in [2.45, 2.75) is 19.3 Å². The number of ether oxygens (including phenoxy) is 1. The molecule has 0 aliphatic heterocycles. The summed E-state index contributed by atoms with van der Waals surface area (Å²) >= 11 is 0. The van der Waals surface area contributed by atoms with Crippen molar-refractivity contribution in [3.63, 3.8) is 0 Å². The molecular formula is C15H21N3O2. The summed E-state index contributed by atoms with van der Waals surface area (Å²) in [4.78, 5) is 0. The fourth-order valence-corrected chi connectivity index (χ4v) is 1.89. The van der Waals surface area contributed by atoms with E-state index in [1.165, 1.54) is 0 Å². The monoisotopic (exact) mass is 275 g/mol. The Kier molecular flexibility index (Phi) is 5.73. The van der Waals surface area contributed by atoms with Crippen LogP contribution in [0.4, 0.5) is 0 Å². The normalized spacial score (nSPS) is 12.5. The first-order chi connectivity index (χ1) is 9.75. The van der Waals surface area contributed by atoms with E-state index in [4.69, 9.17) is 4.74 Å². The summed E-state index contributed by atoms with van der Waals surface area (Å²) in [7, 11) is 1.90. The van der Waals surface area contributed by atoms with Crippen LogP contribution in [0.5, 0.6) is 0 Å². The van der Waals surface area contributed by atoms with Gasteiger partial charge in [0.05, 0.1) is 25.0 Å². The first-order valence-corrected chi connectivity index (χ1v) is 6.73.